The van der Waals surface area contributed by atoms with Gasteiger partial charge < -0.3 is 9.84 Å². The van der Waals surface area contributed by atoms with Gasteiger partial charge in [0.05, 0.1) is 28.9 Å². The van der Waals surface area contributed by atoms with Gasteiger partial charge in [-0.2, -0.15) is 5.10 Å². The minimum Gasteiger partial charge on any atom is -0.478 e. The van der Waals surface area contributed by atoms with Crippen LogP contribution in [0.5, 0.6) is 11.5 Å². The largest absolute Gasteiger partial charge is 0.478 e. The number of carboxylic acid groups (broad SMARTS) is 1. The summed E-state index contributed by atoms with van der Waals surface area (Å²) in [4.78, 5) is 16.9. The number of hydrogen-bond acceptors (Lipinski definition) is 4. The summed E-state index contributed by atoms with van der Waals surface area (Å²) in [6, 6.07) is 26.9. The van der Waals surface area contributed by atoms with E-state index in [1.54, 1.807) is 10.7 Å². The van der Waals surface area contributed by atoms with Gasteiger partial charge in [-0.25, -0.2) is 14.5 Å². The van der Waals surface area contributed by atoms with Crippen LogP contribution in [-0.2, 0) is 6.54 Å². The van der Waals surface area contributed by atoms with Crippen molar-refractivity contribution >= 4 is 17.0 Å². The average molecular weight is 450 g/mol. The highest BCUT2D eigenvalue weighted by Gasteiger charge is 2.20. The number of aryl methyl sites for hydroxylation is 2. The number of para-hydroxylation sites is 1. The number of ether oxygens (including phenoxy) is 1. The molecule has 34 heavy (non-hydrogen) atoms. The Morgan fingerprint density at radius 1 is 0.912 bits per heavy atom. The van der Waals surface area contributed by atoms with Crippen molar-refractivity contribution in [1.29, 1.82) is 0 Å². The van der Waals surface area contributed by atoms with E-state index in [2.05, 4.69) is 5.10 Å². The summed E-state index contributed by atoms with van der Waals surface area (Å²) < 4.78 is 7.64. The molecule has 5 rings (SSSR count). The second-order valence-corrected chi connectivity index (χ2v) is 8.23. The normalized spacial score (nSPS) is 11.0. The number of aromatic nitrogens is 3. The monoisotopic (exact) mass is 449 g/mol. The fraction of sp³-hybridized carbons (Fsp3) is 0.107. The first-order valence-electron chi connectivity index (χ1n) is 11.0. The molecule has 0 saturated heterocycles. The Morgan fingerprint density at radius 2 is 1.59 bits per heavy atom. The van der Waals surface area contributed by atoms with Crippen molar-refractivity contribution in [2.75, 3.05) is 0 Å². The molecule has 0 amide bonds. The van der Waals surface area contributed by atoms with E-state index in [0.29, 0.717) is 29.0 Å². The standard InChI is InChI=1S/C28H23N3O3/c1-18-8-12-21(13-9-18)25-16-24(28(32)33)26-19(2)30-31(27(26)29-25)17-20-10-14-23(15-11-20)34-22-6-4-3-5-7-22/h3-16H,17H2,1-2H3,(H,32,33). The van der Waals surface area contributed by atoms with Crippen molar-refractivity contribution in [3.63, 3.8) is 0 Å². The Labute approximate surface area is 197 Å². The number of carbonyl (C=O) groups is 1. The van der Waals surface area contributed by atoms with Crippen LogP contribution in [0.4, 0.5) is 0 Å². The minimum atomic E-state index is -0.995. The predicted octanol–water partition coefficient (Wildman–Crippen LogP) is 6.25. The zero-order valence-corrected chi connectivity index (χ0v) is 18.9. The van der Waals surface area contributed by atoms with Gasteiger partial charge in [-0.3, -0.25) is 0 Å². The van der Waals surface area contributed by atoms with E-state index in [1.165, 1.54) is 0 Å². The summed E-state index contributed by atoms with van der Waals surface area (Å²) >= 11 is 0. The van der Waals surface area contributed by atoms with Crippen molar-refractivity contribution in [2.24, 2.45) is 0 Å². The van der Waals surface area contributed by atoms with E-state index < -0.39 is 5.97 Å². The molecule has 0 fully saturated rings. The van der Waals surface area contributed by atoms with E-state index in [4.69, 9.17) is 9.72 Å². The van der Waals surface area contributed by atoms with Gasteiger partial charge in [0.2, 0.25) is 0 Å². The van der Waals surface area contributed by atoms with Gasteiger partial charge in [0.1, 0.15) is 11.5 Å². The van der Waals surface area contributed by atoms with Gasteiger partial charge in [-0.15, -0.1) is 0 Å². The molecule has 0 unspecified atom stereocenters. The maximum absolute atomic E-state index is 12.1. The number of fused-ring (bicyclic) bond motifs is 1. The number of carboxylic acids is 1. The fourth-order valence-electron chi connectivity index (χ4n) is 3.97. The second-order valence-electron chi connectivity index (χ2n) is 8.23. The molecule has 0 bridgehead atoms. The van der Waals surface area contributed by atoms with Gasteiger partial charge in [0.15, 0.2) is 5.65 Å². The molecule has 2 heterocycles. The molecule has 5 aromatic rings. The molecular weight excluding hydrogens is 426 g/mol. The molecule has 0 spiro atoms. The van der Waals surface area contributed by atoms with Crippen LogP contribution in [0.15, 0.2) is 84.9 Å². The van der Waals surface area contributed by atoms with E-state index in [9.17, 15) is 9.90 Å². The number of benzene rings is 3. The molecule has 1 N–H and O–H groups in total. The van der Waals surface area contributed by atoms with E-state index in [0.717, 1.165) is 28.2 Å². The Balaban J connectivity index is 1.51. The molecule has 0 radical (unpaired) electrons. The van der Waals surface area contributed by atoms with Crippen molar-refractivity contribution in [1.82, 2.24) is 14.8 Å². The Bertz CT molecular complexity index is 1470. The molecule has 0 aliphatic rings. The van der Waals surface area contributed by atoms with Crippen LogP contribution in [0, 0.1) is 13.8 Å². The summed E-state index contributed by atoms with van der Waals surface area (Å²) in [5.41, 5.74) is 5.00. The first kappa shape index (κ1) is 21.4. The molecule has 0 aliphatic carbocycles. The topological polar surface area (TPSA) is 77.2 Å². The molecule has 0 aliphatic heterocycles. The van der Waals surface area contributed by atoms with Gasteiger partial charge in [-0.1, -0.05) is 60.2 Å². The molecule has 168 valence electrons. The summed E-state index contributed by atoms with van der Waals surface area (Å²) in [7, 11) is 0. The lowest BCUT2D eigenvalue weighted by atomic mass is 10.0. The summed E-state index contributed by atoms with van der Waals surface area (Å²) in [6.45, 7) is 4.28. The van der Waals surface area contributed by atoms with Crippen LogP contribution in [0.1, 0.15) is 27.2 Å². The van der Waals surface area contributed by atoms with Gasteiger partial charge in [0, 0.05) is 5.56 Å². The lowest BCUT2D eigenvalue weighted by molar-refractivity contribution is 0.0699. The molecule has 3 aromatic carbocycles. The van der Waals surface area contributed by atoms with Crippen LogP contribution in [0.3, 0.4) is 0 Å². The minimum absolute atomic E-state index is 0.205. The van der Waals surface area contributed by atoms with E-state index >= 15 is 0 Å². The quantitative estimate of drug-likeness (QED) is 0.331. The van der Waals surface area contributed by atoms with Crippen molar-refractivity contribution < 1.29 is 14.6 Å². The van der Waals surface area contributed by atoms with Crippen LogP contribution in [-0.4, -0.2) is 25.8 Å². The highest BCUT2D eigenvalue weighted by Crippen LogP contribution is 2.28. The Hall–Kier alpha value is -4.45. The van der Waals surface area contributed by atoms with Crippen LogP contribution in [0.2, 0.25) is 0 Å². The third-order valence-corrected chi connectivity index (χ3v) is 5.69. The lowest BCUT2D eigenvalue weighted by Gasteiger charge is -2.09. The number of pyridine rings is 1. The maximum Gasteiger partial charge on any atom is 0.336 e. The highest BCUT2D eigenvalue weighted by atomic mass is 16.5. The smallest absolute Gasteiger partial charge is 0.336 e. The Morgan fingerprint density at radius 3 is 2.26 bits per heavy atom. The number of nitrogens with zero attached hydrogens (tertiary/aromatic N) is 3. The van der Waals surface area contributed by atoms with Gasteiger partial charge >= 0.3 is 5.97 Å². The van der Waals surface area contributed by atoms with Crippen LogP contribution in [0.25, 0.3) is 22.3 Å². The van der Waals surface area contributed by atoms with Crippen LogP contribution >= 0.6 is 0 Å². The van der Waals surface area contributed by atoms with Gasteiger partial charge in [-0.05, 0) is 49.7 Å². The lowest BCUT2D eigenvalue weighted by Crippen LogP contribution is -2.05. The zero-order chi connectivity index (χ0) is 23.7. The molecule has 2 aromatic heterocycles. The fourth-order valence-corrected chi connectivity index (χ4v) is 3.97. The number of hydrogen-bond donors (Lipinski definition) is 1. The summed E-state index contributed by atoms with van der Waals surface area (Å²) in [5.74, 6) is 0.521. The first-order valence-corrected chi connectivity index (χ1v) is 11.0. The SMILES string of the molecule is Cc1ccc(-c2cc(C(=O)O)c3c(C)nn(Cc4ccc(Oc5ccccc5)cc4)c3n2)cc1. The summed E-state index contributed by atoms with van der Waals surface area (Å²) in [6.07, 6.45) is 0. The molecule has 6 heteroatoms. The highest BCUT2D eigenvalue weighted by molar-refractivity contribution is 6.04. The average Bonchev–Trinajstić information content (AvgIpc) is 3.16. The van der Waals surface area contributed by atoms with Crippen molar-refractivity contribution in [2.45, 2.75) is 20.4 Å². The number of rotatable bonds is 6. The van der Waals surface area contributed by atoms with E-state index in [1.807, 2.05) is 92.7 Å². The number of aromatic carboxylic acids is 1. The third kappa shape index (κ3) is 4.26. The Kier molecular flexibility index (Phi) is 5.55. The van der Waals surface area contributed by atoms with Gasteiger partial charge in [0.25, 0.3) is 0 Å². The summed E-state index contributed by atoms with van der Waals surface area (Å²) in [5, 5.41) is 15.1. The molecule has 0 saturated carbocycles. The molecule has 6 nitrogen and oxygen atoms in total. The van der Waals surface area contributed by atoms with Crippen molar-refractivity contribution in [3.8, 4) is 22.8 Å². The van der Waals surface area contributed by atoms with Crippen molar-refractivity contribution in [3.05, 3.63) is 107 Å². The van der Waals surface area contributed by atoms with Crippen LogP contribution < -0.4 is 4.74 Å². The predicted molar refractivity (Wildman–Crippen MR) is 131 cm³/mol. The third-order valence-electron chi connectivity index (χ3n) is 5.69. The van der Waals surface area contributed by atoms with E-state index in [-0.39, 0.29) is 5.56 Å². The first-order chi connectivity index (χ1) is 16.5. The zero-order valence-electron chi connectivity index (χ0n) is 18.9. The molecule has 0 atom stereocenters. The second kappa shape index (κ2) is 8.83. The molecular formula is C28H23N3O3. The maximum atomic E-state index is 12.1.